The number of nitrogens with zero attached hydrogens (tertiary/aromatic N) is 2. The summed E-state index contributed by atoms with van der Waals surface area (Å²) in [6, 6.07) is 15.9. The van der Waals surface area contributed by atoms with Crippen molar-refractivity contribution >= 4 is 5.96 Å². The first-order valence-electron chi connectivity index (χ1n) is 8.82. The number of ether oxygens (including phenoxy) is 1. The first-order chi connectivity index (χ1) is 12.7. The summed E-state index contributed by atoms with van der Waals surface area (Å²) < 4.78 is 5.86. The molecule has 0 unspecified atom stereocenters. The van der Waals surface area contributed by atoms with Crippen LogP contribution in [0.2, 0.25) is 0 Å². The quantitative estimate of drug-likeness (QED) is 0.592. The van der Waals surface area contributed by atoms with Crippen molar-refractivity contribution in [3.8, 4) is 11.8 Å². The van der Waals surface area contributed by atoms with Gasteiger partial charge >= 0.3 is 0 Å². The van der Waals surface area contributed by atoms with Crippen molar-refractivity contribution in [3.63, 3.8) is 0 Å². The van der Waals surface area contributed by atoms with Crippen molar-refractivity contribution in [1.29, 1.82) is 5.26 Å². The van der Waals surface area contributed by atoms with Crippen LogP contribution in [0.4, 0.5) is 0 Å². The second kappa shape index (κ2) is 10.1. The average molecular weight is 350 g/mol. The van der Waals surface area contributed by atoms with Gasteiger partial charge in [-0.2, -0.15) is 5.26 Å². The molecule has 2 aromatic carbocycles. The Bertz CT molecular complexity index is 776. The lowest BCUT2D eigenvalue weighted by molar-refractivity contribution is 0.313. The summed E-state index contributed by atoms with van der Waals surface area (Å²) in [5.74, 6) is 1.64. The minimum atomic E-state index is 0.631. The van der Waals surface area contributed by atoms with Crippen LogP contribution in [0, 0.1) is 18.3 Å². The van der Waals surface area contributed by atoms with Crippen LogP contribution in [0.25, 0.3) is 0 Å². The molecule has 0 radical (unpaired) electrons. The van der Waals surface area contributed by atoms with Gasteiger partial charge in [0.2, 0.25) is 0 Å². The van der Waals surface area contributed by atoms with Gasteiger partial charge in [0, 0.05) is 25.7 Å². The van der Waals surface area contributed by atoms with E-state index in [1.807, 2.05) is 24.3 Å². The Kier molecular flexibility index (Phi) is 7.50. The van der Waals surface area contributed by atoms with E-state index in [4.69, 9.17) is 10.00 Å². The monoisotopic (exact) mass is 350 g/mol. The second-order valence-corrected chi connectivity index (χ2v) is 6.05. The highest BCUT2D eigenvalue weighted by Gasteiger charge is 2.06. The molecule has 0 amide bonds. The van der Waals surface area contributed by atoms with Gasteiger partial charge in [0.25, 0.3) is 0 Å². The topological polar surface area (TPSA) is 69.4 Å². The molecule has 136 valence electrons. The van der Waals surface area contributed by atoms with E-state index in [0.29, 0.717) is 25.3 Å². The van der Waals surface area contributed by atoms with Crippen LogP contribution in [-0.4, -0.2) is 19.6 Å². The van der Waals surface area contributed by atoms with E-state index in [-0.39, 0.29) is 0 Å². The number of benzene rings is 2. The first-order valence-corrected chi connectivity index (χ1v) is 8.82. The van der Waals surface area contributed by atoms with Gasteiger partial charge in [0.15, 0.2) is 5.96 Å². The predicted molar refractivity (Wildman–Crippen MR) is 105 cm³/mol. The summed E-state index contributed by atoms with van der Waals surface area (Å²) in [5.41, 5.74) is 4.04. The van der Waals surface area contributed by atoms with Crippen LogP contribution in [0.15, 0.2) is 47.5 Å². The van der Waals surface area contributed by atoms with Gasteiger partial charge in [-0.25, -0.2) is 0 Å². The van der Waals surface area contributed by atoms with Crippen LogP contribution < -0.4 is 15.4 Å². The van der Waals surface area contributed by atoms with E-state index in [9.17, 15) is 0 Å². The fourth-order valence-corrected chi connectivity index (χ4v) is 2.44. The van der Waals surface area contributed by atoms with Gasteiger partial charge < -0.3 is 15.4 Å². The summed E-state index contributed by atoms with van der Waals surface area (Å²) in [6.45, 7) is 6.14. The largest absolute Gasteiger partial charge is 0.493 e. The van der Waals surface area contributed by atoms with E-state index in [1.54, 1.807) is 7.05 Å². The molecule has 0 saturated heterocycles. The fraction of sp³-hybridized carbons (Fsp3) is 0.333. The molecule has 0 aromatic heterocycles. The molecule has 5 heteroatoms. The van der Waals surface area contributed by atoms with Crippen LogP contribution in [-0.2, 0) is 13.1 Å². The van der Waals surface area contributed by atoms with E-state index in [2.05, 4.69) is 53.7 Å². The maximum atomic E-state index is 8.85. The number of nitrogens with one attached hydrogen (secondary N) is 2. The van der Waals surface area contributed by atoms with Gasteiger partial charge in [-0.15, -0.1) is 0 Å². The summed E-state index contributed by atoms with van der Waals surface area (Å²) in [4.78, 5) is 4.26. The first kappa shape index (κ1) is 19.3. The van der Waals surface area contributed by atoms with E-state index < -0.39 is 0 Å². The standard InChI is InChI=1S/C21H26N4O/c1-4-11-26-20-12-16(2)5-10-19(20)15-25-21(23-3)24-14-18-8-6-17(13-22)7-9-18/h5-10,12H,4,11,14-15H2,1-3H3,(H2,23,24,25). The SMILES string of the molecule is CCCOc1cc(C)ccc1CNC(=NC)NCc1ccc(C#N)cc1. The Morgan fingerprint density at radius 1 is 1.12 bits per heavy atom. The molecule has 2 N–H and O–H groups in total. The Morgan fingerprint density at radius 3 is 2.50 bits per heavy atom. The van der Waals surface area contributed by atoms with Crippen LogP contribution in [0.3, 0.4) is 0 Å². The Balaban J connectivity index is 1.93. The molecular formula is C21H26N4O. The molecule has 0 aliphatic carbocycles. The maximum Gasteiger partial charge on any atom is 0.191 e. The molecule has 0 bridgehead atoms. The van der Waals surface area contributed by atoms with Crippen molar-refractivity contribution in [3.05, 3.63) is 64.7 Å². The van der Waals surface area contributed by atoms with Crippen LogP contribution in [0.1, 0.15) is 35.6 Å². The summed E-state index contributed by atoms with van der Waals surface area (Å²) in [7, 11) is 1.75. The zero-order valence-electron chi connectivity index (χ0n) is 15.7. The van der Waals surface area contributed by atoms with Crippen molar-refractivity contribution in [2.24, 2.45) is 4.99 Å². The lowest BCUT2D eigenvalue weighted by Gasteiger charge is -2.15. The number of rotatable bonds is 7. The number of guanidine groups is 1. The summed E-state index contributed by atoms with van der Waals surface area (Å²) >= 11 is 0. The van der Waals surface area contributed by atoms with E-state index in [0.717, 1.165) is 29.3 Å². The van der Waals surface area contributed by atoms with Gasteiger partial charge in [-0.3, -0.25) is 4.99 Å². The molecule has 0 spiro atoms. The molecule has 2 aromatic rings. The molecule has 0 atom stereocenters. The molecular weight excluding hydrogens is 324 g/mol. The minimum absolute atomic E-state index is 0.631. The zero-order chi connectivity index (χ0) is 18.8. The van der Waals surface area contributed by atoms with Gasteiger partial charge in [-0.1, -0.05) is 31.2 Å². The summed E-state index contributed by atoms with van der Waals surface area (Å²) in [6.07, 6.45) is 0.981. The molecule has 0 aliphatic rings. The van der Waals surface area contributed by atoms with Crippen molar-refractivity contribution < 1.29 is 4.74 Å². The molecule has 2 rings (SSSR count). The van der Waals surface area contributed by atoms with Crippen molar-refractivity contribution in [2.45, 2.75) is 33.4 Å². The lowest BCUT2D eigenvalue weighted by Crippen LogP contribution is -2.36. The molecule has 0 aliphatic heterocycles. The van der Waals surface area contributed by atoms with Crippen LogP contribution in [0.5, 0.6) is 5.75 Å². The smallest absolute Gasteiger partial charge is 0.191 e. The Hall–Kier alpha value is -3.00. The minimum Gasteiger partial charge on any atom is -0.493 e. The number of nitriles is 1. The third-order valence-electron chi connectivity index (χ3n) is 3.90. The molecule has 26 heavy (non-hydrogen) atoms. The molecule has 0 fully saturated rings. The predicted octanol–water partition coefficient (Wildman–Crippen LogP) is 3.52. The van der Waals surface area contributed by atoms with Crippen LogP contribution >= 0.6 is 0 Å². The average Bonchev–Trinajstić information content (AvgIpc) is 2.68. The van der Waals surface area contributed by atoms with Crippen molar-refractivity contribution in [1.82, 2.24) is 10.6 Å². The zero-order valence-corrected chi connectivity index (χ0v) is 15.7. The molecule has 0 saturated carbocycles. The highest BCUT2D eigenvalue weighted by atomic mass is 16.5. The fourth-order valence-electron chi connectivity index (χ4n) is 2.44. The molecule has 5 nitrogen and oxygen atoms in total. The number of aliphatic imine (C=N–C) groups is 1. The third kappa shape index (κ3) is 5.82. The maximum absolute atomic E-state index is 8.85. The molecule has 0 heterocycles. The second-order valence-electron chi connectivity index (χ2n) is 6.05. The highest BCUT2D eigenvalue weighted by molar-refractivity contribution is 5.79. The Labute approximate surface area is 155 Å². The van der Waals surface area contributed by atoms with E-state index >= 15 is 0 Å². The number of hydrogen-bond acceptors (Lipinski definition) is 3. The van der Waals surface area contributed by atoms with Gasteiger partial charge in [0.05, 0.1) is 18.2 Å². The highest BCUT2D eigenvalue weighted by Crippen LogP contribution is 2.20. The number of aryl methyl sites for hydroxylation is 1. The third-order valence-corrected chi connectivity index (χ3v) is 3.90. The van der Waals surface area contributed by atoms with Crippen molar-refractivity contribution in [2.75, 3.05) is 13.7 Å². The lowest BCUT2D eigenvalue weighted by atomic mass is 10.1. The van der Waals surface area contributed by atoms with Gasteiger partial charge in [-0.05, 0) is 42.7 Å². The Morgan fingerprint density at radius 2 is 1.85 bits per heavy atom. The van der Waals surface area contributed by atoms with E-state index in [1.165, 1.54) is 5.56 Å². The summed E-state index contributed by atoms with van der Waals surface area (Å²) in [5, 5.41) is 15.5. The number of hydrogen-bond donors (Lipinski definition) is 2. The normalized spacial score (nSPS) is 10.9. The van der Waals surface area contributed by atoms with Gasteiger partial charge in [0.1, 0.15) is 5.75 Å².